The van der Waals surface area contributed by atoms with E-state index in [2.05, 4.69) is 18.1 Å². The van der Waals surface area contributed by atoms with E-state index in [1.807, 2.05) is 13.1 Å². The van der Waals surface area contributed by atoms with Gasteiger partial charge in [0.2, 0.25) is 0 Å². The van der Waals surface area contributed by atoms with Crippen LogP contribution in [0.5, 0.6) is 0 Å². The maximum atomic E-state index is 10.6. The Morgan fingerprint density at radius 3 is 2.70 bits per heavy atom. The van der Waals surface area contributed by atoms with E-state index in [4.69, 9.17) is 0 Å². The average molecular weight is 275 g/mol. The first-order chi connectivity index (χ1) is 9.65. The summed E-state index contributed by atoms with van der Waals surface area (Å²) in [6, 6.07) is 2.42. The van der Waals surface area contributed by atoms with Crippen LogP contribution >= 0.6 is 0 Å². The summed E-state index contributed by atoms with van der Waals surface area (Å²) >= 11 is 0. The molecule has 2 rings (SSSR count). The predicted molar refractivity (Wildman–Crippen MR) is 77.8 cm³/mol. The second-order valence-electron chi connectivity index (χ2n) is 6.03. The first-order valence-corrected chi connectivity index (χ1v) is 7.77. The maximum absolute atomic E-state index is 10.6. The van der Waals surface area contributed by atoms with Crippen LogP contribution in [0.15, 0.2) is 12.4 Å². The van der Waals surface area contributed by atoms with E-state index in [1.165, 1.54) is 12.8 Å². The van der Waals surface area contributed by atoms with Crippen molar-refractivity contribution in [2.24, 2.45) is 11.3 Å². The Balaban J connectivity index is 2.10. The van der Waals surface area contributed by atoms with Crippen LogP contribution in [0.4, 0.5) is 0 Å². The van der Waals surface area contributed by atoms with Gasteiger partial charge in [0.15, 0.2) is 0 Å². The van der Waals surface area contributed by atoms with E-state index in [9.17, 15) is 10.4 Å². The molecular weight excluding hydrogens is 250 g/mol. The van der Waals surface area contributed by atoms with E-state index >= 15 is 0 Å². The second-order valence-corrected chi connectivity index (χ2v) is 6.03. The van der Waals surface area contributed by atoms with Crippen molar-refractivity contribution in [3.63, 3.8) is 0 Å². The molecule has 0 radical (unpaired) electrons. The molecule has 0 bridgehead atoms. The molecule has 20 heavy (non-hydrogen) atoms. The molecule has 0 spiro atoms. The fourth-order valence-corrected chi connectivity index (χ4v) is 3.35. The zero-order valence-electron chi connectivity index (χ0n) is 12.5. The van der Waals surface area contributed by atoms with Gasteiger partial charge in [-0.1, -0.05) is 19.8 Å². The first kappa shape index (κ1) is 15.1. The number of hydrogen-bond donors (Lipinski definition) is 1. The Kier molecular flexibility index (Phi) is 4.82. The smallest absolute Gasteiger partial charge is 0.101 e. The number of rotatable bonds is 5. The fourth-order valence-electron chi connectivity index (χ4n) is 3.35. The number of nitriles is 1. The summed E-state index contributed by atoms with van der Waals surface area (Å²) in [4.78, 5) is 0. The molecule has 0 aromatic carbocycles. The van der Waals surface area contributed by atoms with Crippen LogP contribution in [0.25, 0.3) is 0 Å². The van der Waals surface area contributed by atoms with Gasteiger partial charge in [0.1, 0.15) is 6.10 Å². The molecule has 110 valence electrons. The quantitative estimate of drug-likeness (QED) is 0.895. The third-order valence-electron chi connectivity index (χ3n) is 4.73. The van der Waals surface area contributed by atoms with Gasteiger partial charge in [-0.2, -0.15) is 10.4 Å². The standard InChI is InChI=1S/C16H25N3O/c1-3-5-13-6-8-16(12-17,9-7-13)15(20)14-10-18-19(4-2)11-14/h10-11,13,15,20H,3-9H2,1-2H3. The van der Waals surface area contributed by atoms with Crippen LogP contribution in [0.3, 0.4) is 0 Å². The Labute approximate surface area is 121 Å². The first-order valence-electron chi connectivity index (χ1n) is 7.77. The predicted octanol–water partition coefficient (Wildman–Crippen LogP) is 3.44. The lowest BCUT2D eigenvalue weighted by Crippen LogP contribution is -2.32. The Morgan fingerprint density at radius 2 is 2.20 bits per heavy atom. The number of nitrogens with zero attached hydrogens (tertiary/aromatic N) is 3. The van der Waals surface area contributed by atoms with E-state index in [-0.39, 0.29) is 0 Å². The summed E-state index contributed by atoms with van der Waals surface area (Å²) in [5.74, 6) is 0.729. The van der Waals surface area contributed by atoms with Crippen molar-refractivity contribution >= 4 is 0 Å². The molecule has 4 heteroatoms. The molecule has 1 aliphatic rings. The Hall–Kier alpha value is -1.34. The van der Waals surface area contributed by atoms with Crippen LogP contribution in [0.1, 0.15) is 64.0 Å². The summed E-state index contributed by atoms with van der Waals surface area (Å²) < 4.78 is 1.80. The van der Waals surface area contributed by atoms with Crippen LogP contribution in [-0.4, -0.2) is 14.9 Å². The van der Waals surface area contributed by atoms with Crippen LogP contribution in [-0.2, 0) is 6.54 Å². The molecule has 1 heterocycles. The molecular formula is C16H25N3O. The van der Waals surface area contributed by atoms with Crippen molar-refractivity contribution in [2.45, 2.75) is 65.0 Å². The Morgan fingerprint density at radius 1 is 1.50 bits per heavy atom. The average Bonchev–Trinajstić information content (AvgIpc) is 2.97. The minimum atomic E-state index is -0.713. The Bertz CT molecular complexity index is 466. The number of aliphatic hydroxyl groups is 1. The highest BCUT2D eigenvalue weighted by Crippen LogP contribution is 2.47. The molecule has 1 N–H and O–H groups in total. The zero-order valence-corrected chi connectivity index (χ0v) is 12.5. The summed E-state index contributed by atoms with van der Waals surface area (Å²) in [5.41, 5.74) is 0.161. The fraction of sp³-hybridized carbons (Fsp3) is 0.750. The molecule has 1 aromatic rings. The lowest BCUT2D eigenvalue weighted by atomic mass is 9.66. The molecule has 1 unspecified atom stereocenters. The van der Waals surface area contributed by atoms with Crippen LogP contribution < -0.4 is 0 Å². The van der Waals surface area contributed by atoms with Gasteiger partial charge in [0.25, 0.3) is 0 Å². The van der Waals surface area contributed by atoms with E-state index in [0.717, 1.165) is 43.7 Å². The third kappa shape index (κ3) is 2.88. The summed E-state index contributed by atoms with van der Waals surface area (Å²) in [5, 5.41) is 24.5. The van der Waals surface area contributed by atoms with E-state index in [0.29, 0.717) is 0 Å². The third-order valence-corrected chi connectivity index (χ3v) is 4.73. The van der Waals surface area contributed by atoms with Crippen LogP contribution in [0.2, 0.25) is 0 Å². The normalized spacial score (nSPS) is 28.0. The van der Waals surface area contributed by atoms with Gasteiger partial charge < -0.3 is 5.11 Å². The minimum absolute atomic E-state index is 0.619. The zero-order chi connectivity index (χ0) is 14.6. The van der Waals surface area contributed by atoms with Crippen molar-refractivity contribution in [1.82, 2.24) is 9.78 Å². The molecule has 1 atom stereocenters. The summed E-state index contributed by atoms with van der Waals surface area (Å²) in [6.07, 6.45) is 9.00. The highest BCUT2D eigenvalue weighted by molar-refractivity contribution is 5.18. The lowest BCUT2D eigenvalue weighted by molar-refractivity contribution is 0.0236. The van der Waals surface area contributed by atoms with Crippen LogP contribution in [0, 0.1) is 22.7 Å². The van der Waals surface area contributed by atoms with Gasteiger partial charge in [0.05, 0.1) is 17.7 Å². The minimum Gasteiger partial charge on any atom is -0.387 e. The molecule has 0 aliphatic heterocycles. The van der Waals surface area contributed by atoms with Crippen molar-refractivity contribution < 1.29 is 5.11 Å². The highest BCUT2D eigenvalue weighted by atomic mass is 16.3. The molecule has 1 fully saturated rings. The second kappa shape index (κ2) is 6.41. The topological polar surface area (TPSA) is 61.8 Å². The van der Waals surface area contributed by atoms with Crippen molar-refractivity contribution in [3.8, 4) is 6.07 Å². The number of aromatic nitrogens is 2. The van der Waals surface area contributed by atoms with Crippen molar-refractivity contribution in [1.29, 1.82) is 5.26 Å². The van der Waals surface area contributed by atoms with Gasteiger partial charge in [0, 0.05) is 18.3 Å². The molecule has 0 amide bonds. The summed E-state index contributed by atoms with van der Waals surface area (Å²) in [6.45, 7) is 5.00. The monoisotopic (exact) mass is 275 g/mol. The van der Waals surface area contributed by atoms with E-state index < -0.39 is 11.5 Å². The van der Waals surface area contributed by atoms with Gasteiger partial charge in [-0.3, -0.25) is 4.68 Å². The molecule has 1 saturated carbocycles. The summed E-state index contributed by atoms with van der Waals surface area (Å²) in [7, 11) is 0. The van der Waals surface area contributed by atoms with Gasteiger partial charge >= 0.3 is 0 Å². The SMILES string of the molecule is CCCC1CCC(C#N)(C(O)c2cnn(CC)c2)CC1. The van der Waals surface area contributed by atoms with Gasteiger partial charge in [-0.15, -0.1) is 0 Å². The van der Waals surface area contributed by atoms with Gasteiger partial charge in [-0.25, -0.2) is 0 Å². The van der Waals surface area contributed by atoms with Crippen molar-refractivity contribution in [2.75, 3.05) is 0 Å². The molecule has 0 saturated heterocycles. The van der Waals surface area contributed by atoms with Crippen molar-refractivity contribution in [3.05, 3.63) is 18.0 Å². The van der Waals surface area contributed by atoms with Gasteiger partial charge in [-0.05, 0) is 38.5 Å². The number of aryl methyl sites for hydroxylation is 1. The van der Waals surface area contributed by atoms with E-state index in [1.54, 1.807) is 10.9 Å². The lowest BCUT2D eigenvalue weighted by Gasteiger charge is -2.38. The molecule has 4 nitrogen and oxygen atoms in total. The highest BCUT2D eigenvalue weighted by Gasteiger charge is 2.42. The largest absolute Gasteiger partial charge is 0.387 e. The number of hydrogen-bond acceptors (Lipinski definition) is 3. The maximum Gasteiger partial charge on any atom is 0.101 e. The molecule has 1 aliphatic carbocycles. The molecule has 1 aromatic heterocycles. The number of aliphatic hydroxyl groups excluding tert-OH is 1.